The Morgan fingerprint density at radius 2 is 2.35 bits per heavy atom. The molecule has 1 aromatic rings. The summed E-state index contributed by atoms with van der Waals surface area (Å²) in [6.45, 7) is 0.234. The molecule has 90 valence electrons. The van der Waals surface area contributed by atoms with Crippen molar-refractivity contribution in [2.75, 3.05) is 13.6 Å². The van der Waals surface area contributed by atoms with E-state index < -0.39 is 5.97 Å². The maximum atomic E-state index is 11.6. The van der Waals surface area contributed by atoms with E-state index in [1.807, 2.05) is 6.07 Å². The summed E-state index contributed by atoms with van der Waals surface area (Å²) in [6, 6.07) is 1.93. The number of carbonyl (C=O) groups excluding carboxylic acids is 1. The third-order valence-electron chi connectivity index (χ3n) is 2.04. The van der Waals surface area contributed by atoms with Gasteiger partial charge in [-0.3, -0.25) is 4.79 Å². The van der Waals surface area contributed by atoms with Gasteiger partial charge in [0.1, 0.15) is 6.54 Å². The molecule has 0 atom stereocenters. The Balaban J connectivity index is 2.56. The van der Waals surface area contributed by atoms with E-state index in [-0.39, 0.29) is 24.6 Å². The molecule has 0 aromatic carbocycles. The number of rotatable bonds is 5. The van der Waals surface area contributed by atoms with Crippen LogP contribution in [-0.4, -0.2) is 50.5 Å². The van der Waals surface area contributed by atoms with Crippen LogP contribution in [0.1, 0.15) is 16.9 Å². The summed E-state index contributed by atoms with van der Waals surface area (Å²) in [7, 11) is 1.56. The number of nitriles is 1. The van der Waals surface area contributed by atoms with E-state index in [0.29, 0.717) is 6.54 Å². The quantitative estimate of drug-likeness (QED) is 0.728. The Hall–Kier alpha value is -2.43. The lowest BCUT2D eigenvalue weighted by molar-refractivity contribution is -0.130. The summed E-state index contributed by atoms with van der Waals surface area (Å²) in [4.78, 5) is 23.5. The van der Waals surface area contributed by atoms with Gasteiger partial charge in [-0.05, 0) is 0 Å². The summed E-state index contributed by atoms with van der Waals surface area (Å²) in [6.07, 6.45) is 1.43. The first-order valence-electron chi connectivity index (χ1n) is 4.79. The lowest BCUT2D eigenvalue weighted by atomic mass is 10.4. The zero-order valence-electron chi connectivity index (χ0n) is 9.20. The van der Waals surface area contributed by atoms with Gasteiger partial charge in [0.15, 0.2) is 5.69 Å². The molecule has 0 aliphatic rings. The van der Waals surface area contributed by atoms with Crippen molar-refractivity contribution in [1.29, 1.82) is 5.26 Å². The number of nitrogens with zero attached hydrogens (tertiary/aromatic N) is 5. The van der Waals surface area contributed by atoms with E-state index in [9.17, 15) is 9.59 Å². The fourth-order valence-electron chi connectivity index (χ4n) is 1.08. The molecule has 17 heavy (non-hydrogen) atoms. The van der Waals surface area contributed by atoms with Gasteiger partial charge in [-0.15, -0.1) is 5.10 Å². The van der Waals surface area contributed by atoms with Crippen LogP contribution in [0.15, 0.2) is 6.20 Å². The number of aromatic nitrogens is 3. The number of hydrogen-bond donors (Lipinski definition) is 1. The van der Waals surface area contributed by atoms with E-state index in [2.05, 4.69) is 10.3 Å². The van der Waals surface area contributed by atoms with Crippen LogP contribution in [0.3, 0.4) is 0 Å². The van der Waals surface area contributed by atoms with Crippen molar-refractivity contribution in [2.24, 2.45) is 0 Å². The van der Waals surface area contributed by atoms with Crippen molar-refractivity contribution in [3.63, 3.8) is 0 Å². The molecule has 8 nitrogen and oxygen atoms in total. The zero-order valence-corrected chi connectivity index (χ0v) is 9.20. The van der Waals surface area contributed by atoms with Gasteiger partial charge in [-0.1, -0.05) is 5.21 Å². The first kappa shape index (κ1) is 12.6. The molecule has 0 saturated heterocycles. The minimum Gasteiger partial charge on any atom is -0.476 e. The third-order valence-corrected chi connectivity index (χ3v) is 2.04. The zero-order chi connectivity index (χ0) is 12.8. The molecule has 1 aromatic heterocycles. The van der Waals surface area contributed by atoms with Gasteiger partial charge in [0, 0.05) is 13.6 Å². The molecule has 0 spiro atoms. The van der Waals surface area contributed by atoms with Crippen LogP contribution in [0.2, 0.25) is 0 Å². The highest BCUT2D eigenvalue weighted by atomic mass is 16.4. The molecule has 1 N–H and O–H groups in total. The number of carbonyl (C=O) groups is 2. The minimum absolute atomic E-state index is 0.0950. The molecule has 0 unspecified atom stereocenters. The number of likely N-dealkylation sites (N-methyl/N-ethyl adjacent to an activating group) is 1. The van der Waals surface area contributed by atoms with E-state index in [1.165, 1.54) is 11.1 Å². The van der Waals surface area contributed by atoms with Gasteiger partial charge in [0.2, 0.25) is 5.91 Å². The highest BCUT2D eigenvalue weighted by Crippen LogP contribution is 1.95. The van der Waals surface area contributed by atoms with E-state index in [1.54, 1.807) is 7.05 Å². The Bertz CT molecular complexity index is 461. The second kappa shape index (κ2) is 5.60. The number of carboxylic acids is 1. The minimum atomic E-state index is -1.19. The summed E-state index contributed by atoms with van der Waals surface area (Å²) in [5.41, 5.74) is -0.211. The van der Waals surface area contributed by atoms with Crippen LogP contribution in [0.4, 0.5) is 0 Å². The van der Waals surface area contributed by atoms with Crippen LogP contribution in [0.5, 0.6) is 0 Å². The largest absolute Gasteiger partial charge is 0.476 e. The normalized spacial score (nSPS) is 9.65. The Kier molecular flexibility index (Phi) is 4.16. The molecule has 1 amide bonds. The van der Waals surface area contributed by atoms with Crippen LogP contribution >= 0.6 is 0 Å². The van der Waals surface area contributed by atoms with Crippen LogP contribution in [0, 0.1) is 11.3 Å². The third kappa shape index (κ3) is 3.57. The first-order valence-corrected chi connectivity index (χ1v) is 4.79. The highest BCUT2D eigenvalue weighted by molar-refractivity contribution is 5.84. The van der Waals surface area contributed by atoms with Crippen LogP contribution < -0.4 is 0 Å². The lowest BCUT2D eigenvalue weighted by Crippen LogP contribution is -2.31. The standard InChI is InChI=1S/C9H11N5O3/c1-13(4-2-3-10)8(15)6-14-5-7(9(16)17)11-12-14/h5H,2,4,6H2,1H3,(H,16,17). The molecule has 0 aliphatic carbocycles. The molecular formula is C9H11N5O3. The van der Waals surface area contributed by atoms with Gasteiger partial charge in [0.05, 0.1) is 18.7 Å². The Morgan fingerprint density at radius 3 is 2.88 bits per heavy atom. The number of aromatic carboxylic acids is 1. The molecule has 0 radical (unpaired) electrons. The Morgan fingerprint density at radius 1 is 1.65 bits per heavy atom. The monoisotopic (exact) mass is 237 g/mol. The molecular weight excluding hydrogens is 226 g/mol. The summed E-state index contributed by atoms with van der Waals surface area (Å²) in [5.74, 6) is -1.45. The average Bonchev–Trinajstić information content (AvgIpc) is 2.74. The second-order valence-electron chi connectivity index (χ2n) is 3.33. The van der Waals surface area contributed by atoms with Crippen molar-refractivity contribution in [3.8, 4) is 6.07 Å². The van der Waals surface area contributed by atoms with Gasteiger partial charge < -0.3 is 10.0 Å². The lowest BCUT2D eigenvalue weighted by Gasteiger charge is -2.14. The number of amides is 1. The van der Waals surface area contributed by atoms with Crippen molar-refractivity contribution in [3.05, 3.63) is 11.9 Å². The molecule has 0 fully saturated rings. The number of carboxylic acid groups (broad SMARTS) is 1. The predicted octanol–water partition coefficient (Wildman–Crippen LogP) is -0.652. The van der Waals surface area contributed by atoms with Gasteiger partial charge in [-0.25, -0.2) is 9.48 Å². The van der Waals surface area contributed by atoms with E-state index in [4.69, 9.17) is 10.4 Å². The smallest absolute Gasteiger partial charge is 0.358 e. The second-order valence-corrected chi connectivity index (χ2v) is 3.33. The summed E-state index contributed by atoms with van der Waals surface area (Å²) >= 11 is 0. The maximum absolute atomic E-state index is 11.6. The fourth-order valence-corrected chi connectivity index (χ4v) is 1.08. The number of hydrogen-bond acceptors (Lipinski definition) is 5. The Labute approximate surface area is 97.1 Å². The van der Waals surface area contributed by atoms with Crippen LogP contribution in [0.25, 0.3) is 0 Å². The molecule has 0 saturated carbocycles. The van der Waals surface area contributed by atoms with Gasteiger partial charge in [0.25, 0.3) is 0 Å². The summed E-state index contributed by atoms with van der Waals surface area (Å²) in [5, 5.41) is 23.9. The molecule has 0 bridgehead atoms. The van der Waals surface area contributed by atoms with Crippen LogP contribution in [-0.2, 0) is 11.3 Å². The average molecular weight is 237 g/mol. The molecule has 1 rings (SSSR count). The first-order chi connectivity index (χ1) is 8.04. The highest BCUT2D eigenvalue weighted by Gasteiger charge is 2.13. The maximum Gasteiger partial charge on any atom is 0.358 e. The van der Waals surface area contributed by atoms with Gasteiger partial charge in [-0.2, -0.15) is 5.26 Å². The van der Waals surface area contributed by atoms with Crippen molar-refractivity contribution in [2.45, 2.75) is 13.0 Å². The van der Waals surface area contributed by atoms with E-state index in [0.717, 1.165) is 4.68 Å². The van der Waals surface area contributed by atoms with Gasteiger partial charge >= 0.3 is 5.97 Å². The van der Waals surface area contributed by atoms with Crippen molar-refractivity contribution in [1.82, 2.24) is 19.9 Å². The SMILES string of the molecule is CN(CCC#N)C(=O)Cn1cc(C(=O)O)nn1. The van der Waals surface area contributed by atoms with E-state index >= 15 is 0 Å². The van der Waals surface area contributed by atoms with Crippen molar-refractivity contribution < 1.29 is 14.7 Å². The molecule has 1 heterocycles. The fraction of sp³-hybridized carbons (Fsp3) is 0.444. The molecule has 0 aliphatic heterocycles. The predicted molar refractivity (Wildman–Crippen MR) is 54.8 cm³/mol. The topological polar surface area (TPSA) is 112 Å². The van der Waals surface area contributed by atoms with Crippen molar-refractivity contribution >= 4 is 11.9 Å². The molecule has 8 heteroatoms. The summed E-state index contributed by atoms with van der Waals surface area (Å²) < 4.78 is 1.15.